The average Bonchev–Trinajstić information content (AvgIpc) is 3.07. The van der Waals surface area contributed by atoms with E-state index in [4.69, 9.17) is 5.73 Å². The number of rotatable bonds is 7. The van der Waals surface area contributed by atoms with Crippen LogP contribution in [0.15, 0.2) is 29.3 Å². The maximum absolute atomic E-state index is 12.0. The molecule has 0 aromatic heterocycles. The number of nitrogens with one attached hydrogen (secondary N) is 1. The van der Waals surface area contributed by atoms with Gasteiger partial charge >= 0.3 is 0 Å². The first kappa shape index (κ1) is 22.7. The van der Waals surface area contributed by atoms with Crippen molar-refractivity contribution in [1.29, 1.82) is 0 Å². The Balaban J connectivity index is 0.00000338. The number of likely N-dealkylation sites (N-methyl/N-ethyl adjacent to an activating group) is 1. The zero-order chi connectivity index (χ0) is 18.2. The van der Waals surface area contributed by atoms with Crippen molar-refractivity contribution in [3.05, 3.63) is 35.4 Å². The van der Waals surface area contributed by atoms with E-state index < -0.39 is 0 Å². The van der Waals surface area contributed by atoms with Crippen LogP contribution in [0.4, 0.5) is 0 Å². The predicted molar refractivity (Wildman–Crippen MR) is 118 cm³/mol. The minimum Gasteiger partial charge on any atom is -0.370 e. The van der Waals surface area contributed by atoms with Gasteiger partial charge in [-0.25, -0.2) is 0 Å². The molecule has 6 nitrogen and oxygen atoms in total. The third-order valence-corrected chi connectivity index (χ3v) is 4.68. The topological polar surface area (TPSA) is 74.0 Å². The van der Waals surface area contributed by atoms with E-state index in [-0.39, 0.29) is 29.9 Å². The summed E-state index contributed by atoms with van der Waals surface area (Å²) in [6.45, 7) is 5.91. The van der Waals surface area contributed by atoms with E-state index in [1.54, 1.807) is 19.0 Å². The van der Waals surface area contributed by atoms with E-state index in [0.717, 1.165) is 25.1 Å². The third-order valence-electron chi connectivity index (χ3n) is 4.68. The molecule has 2 rings (SSSR count). The fourth-order valence-corrected chi connectivity index (χ4v) is 3.23. The number of guanidine groups is 1. The van der Waals surface area contributed by atoms with Crippen molar-refractivity contribution in [2.24, 2.45) is 10.7 Å². The molecule has 26 heavy (non-hydrogen) atoms. The molecule has 0 radical (unpaired) electrons. The lowest BCUT2D eigenvalue weighted by atomic mass is 10.1. The van der Waals surface area contributed by atoms with Crippen LogP contribution in [0.5, 0.6) is 0 Å². The van der Waals surface area contributed by atoms with Gasteiger partial charge in [-0.05, 0) is 50.0 Å². The molecule has 1 aromatic carbocycles. The van der Waals surface area contributed by atoms with Crippen LogP contribution >= 0.6 is 24.0 Å². The van der Waals surface area contributed by atoms with E-state index in [2.05, 4.69) is 22.1 Å². The summed E-state index contributed by atoms with van der Waals surface area (Å²) in [6.07, 6.45) is 3.26. The number of carbonyl (C=O) groups excluding carboxylic acids is 1. The lowest BCUT2D eigenvalue weighted by Gasteiger charge is -2.21. The molecule has 0 saturated carbocycles. The molecule has 146 valence electrons. The summed E-state index contributed by atoms with van der Waals surface area (Å²) in [5, 5.41) is 3.17. The zero-order valence-corrected chi connectivity index (χ0v) is 18.4. The van der Waals surface area contributed by atoms with Crippen LogP contribution < -0.4 is 11.1 Å². The standard InChI is InChI=1S/C19H31N5O.HI/c1-4-24-12-6-9-17(24)14-22-19(20)21-11-10-15-7-5-8-16(13-15)18(25)23(2)3;/h5,7-8,13,17H,4,6,9-12,14H2,1-3H3,(H3,20,21,22);1H. The summed E-state index contributed by atoms with van der Waals surface area (Å²) in [5.74, 6) is 0.524. The number of amides is 1. The van der Waals surface area contributed by atoms with Crippen LogP contribution in [-0.2, 0) is 6.42 Å². The molecule has 0 spiro atoms. The van der Waals surface area contributed by atoms with Gasteiger partial charge in [-0.15, -0.1) is 24.0 Å². The Hall–Kier alpha value is -1.35. The maximum Gasteiger partial charge on any atom is 0.253 e. The van der Waals surface area contributed by atoms with Gasteiger partial charge in [0.15, 0.2) is 5.96 Å². The number of aliphatic imine (C=N–C) groups is 1. The molecule has 1 aromatic rings. The number of halogens is 1. The summed E-state index contributed by atoms with van der Waals surface area (Å²) in [5.41, 5.74) is 7.81. The highest BCUT2D eigenvalue weighted by Gasteiger charge is 2.22. The Labute approximate surface area is 174 Å². The number of nitrogens with two attached hydrogens (primary N) is 1. The minimum atomic E-state index is 0. The molecule has 1 aliphatic rings. The van der Waals surface area contributed by atoms with Crippen LogP contribution in [-0.4, -0.2) is 68.0 Å². The molecule has 1 atom stereocenters. The van der Waals surface area contributed by atoms with Crippen molar-refractivity contribution in [3.8, 4) is 0 Å². The molecule has 1 heterocycles. The van der Waals surface area contributed by atoms with Crippen LogP contribution in [0.25, 0.3) is 0 Å². The Bertz CT molecular complexity index is 605. The van der Waals surface area contributed by atoms with Gasteiger partial charge in [0.25, 0.3) is 5.91 Å². The first-order valence-corrected chi connectivity index (χ1v) is 9.09. The van der Waals surface area contributed by atoms with E-state index in [1.165, 1.54) is 19.4 Å². The van der Waals surface area contributed by atoms with Crippen molar-refractivity contribution in [2.75, 3.05) is 40.3 Å². The number of hydrogen-bond acceptors (Lipinski definition) is 3. The van der Waals surface area contributed by atoms with Crippen molar-refractivity contribution in [2.45, 2.75) is 32.2 Å². The fraction of sp³-hybridized carbons (Fsp3) is 0.579. The maximum atomic E-state index is 12.0. The lowest BCUT2D eigenvalue weighted by molar-refractivity contribution is 0.0827. The fourth-order valence-electron chi connectivity index (χ4n) is 3.23. The highest BCUT2D eigenvalue weighted by molar-refractivity contribution is 14.0. The molecule has 1 unspecified atom stereocenters. The zero-order valence-electron chi connectivity index (χ0n) is 16.1. The monoisotopic (exact) mass is 473 g/mol. The SMILES string of the molecule is CCN1CCCC1CN=C(N)NCCc1cccc(C(=O)N(C)C)c1.I. The van der Waals surface area contributed by atoms with Crippen molar-refractivity contribution in [3.63, 3.8) is 0 Å². The van der Waals surface area contributed by atoms with Gasteiger partial charge in [0, 0.05) is 32.2 Å². The van der Waals surface area contributed by atoms with Gasteiger partial charge in [0.1, 0.15) is 0 Å². The quantitative estimate of drug-likeness (QED) is 0.361. The number of hydrogen-bond donors (Lipinski definition) is 2. The second-order valence-corrected chi connectivity index (χ2v) is 6.73. The molecule has 1 fully saturated rings. The van der Waals surface area contributed by atoms with Gasteiger partial charge in [-0.1, -0.05) is 19.1 Å². The smallest absolute Gasteiger partial charge is 0.253 e. The van der Waals surface area contributed by atoms with Gasteiger partial charge in [0.05, 0.1) is 6.54 Å². The molecular weight excluding hydrogens is 441 g/mol. The lowest BCUT2D eigenvalue weighted by Crippen LogP contribution is -2.36. The largest absolute Gasteiger partial charge is 0.370 e. The van der Waals surface area contributed by atoms with Crippen LogP contribution in [0.2, 0.25) is 0 Å². The third kappa shape index (κ3) is 6.75. The van der Waals surface area contributed by atoms with Gasteiger partial charge in [0.2, 0.25) is 0 Å². The Morgan fingerprint density at radius 1 is 1.42 bits per heavy atom. The van der Waals surface area contributed by atoms with E-state index in [9.17, 15) is 4.79 Å². The number of carbonyl (C=O) groups is 1. The average molecular weight is 473 g/mol. The minimum absolute atomic E-state index is 0. The first-order chi connectivity index (χ1) is 12.0. The predicted octanol–water partition coefficient (Wildman–Crippen LogP) is 1.94. The van der Waals surface area contributed by atoms with Crippen LogP contribution in [0.1, 0.15) is 35.7 Å². The molecule has 3 N–H and O–H groups in total. The summed E-state index contributed by atoms with van der Waals surface area (Å²) in [6, 6.07) is 8.26. The van der Waals surface area contributed by atoms with Gasteiger partial charge in [-0.3, -0.25) is 14.7 Å². The van der Waals surface area contributed by atoms with Crippen molar-refractivity contribution in [1.82, 2.24) is 15.1 Å². The highest BCUT2D eigenvalue weighted by atomic mass is 127. The van der Waals surface area contributed by atoms with E-state index >= 15 is 0 Å². The molecule has 1 amide bonds. The molecule has 1 saturated heterocycles. The molecule has 1 aliphatic heterocycles. The Kier molecular flexibility index (Phi) is 9.93. The highest BCUT2D eigenvalue weighted by Crippen LogP contribution is 2.16. The molecule has 7 heteroatoms. The Morgan fingerprint density at radius 2 is 2.19 bits per heavy atom. The van der Waals surface area contributed by atoms with Crippen LogP contribution in [0.3, 0.4) is 0 Å². The van der Waals surface area contributed by atoms with Crippen molar-refractivity contribution >= 4 is 35.8 Å². The summed E-state index contributed by atoms with van der Waals surface area (Å²) in [4.78, 5) is 20.5. The number of benzene rings is 1. The molecule has 0 aliphatic carbocycles. The van der Waals surface area contributed by atoms with E-state index in [1.807, 2.05) is 24.3 Å². The Morgan fingerprint density at radius 3 is 2.88 bits per heavy atom. The van der Waals surface area contributed by atoms with Crippen molar-refractivity contribution < 1.29 is 4.79 Å². The summed E-state index contributed by atoms with van der Waals surface area (Å²) >= 11 is 0. The second-order valence-electron chi connectivity index (χ2n) is 6.73. The van der Waals surface area contributed by atoms with Gasteiger partial charge in [-0.2, -0.15) is 0 Å². The van der Waals surface area contributed by atoms with Crippen LogP contribution in [0, 0.1) is 0 Å². The first-order valence-electron chi connectivity index (χ1n) is 9.09. The normalized spacial score (nSPS) is 17.7. The second kappa shape index (κ2) is 11.4. The number of likely N-dealkylation sites (tertiary alicyclic amines) is 1. The molecule has 0 bridgehead atoms. The summed E-state index contributed by atoms with van der Waals surface area (Å²) < 4.78 is 0. The summed E-state index contributed by atoms with van der Waals surface area (Å²) in [7, 11) is 3.52. The van der Waals surface area contributed by atoms with E-state index in [0.29, 0.717) is 24.1 Å². The van der Waals surface area contributed by atoms with Gasteiger partial charge < -0.3 is 16.0 Å². The number of nitrogens with zero attached hydrogens (tertiary/aromatic N) is 3. The molecular formula is C19H32IN5O.